The molecule has 128 valence electrons. The van der Waals surface area contributed by atoms with Crippen LogP contribution in [0.25, 0.3) is 0 Å². The zero-order valence-electron chi connectivity index (χ0n) is 13.2. The molecule has 1 aliphatic rings. The molecule has 0 aromatic heterocycles. The molecule has 2 rings (SSSR count). The van der Waals surface area contributed by atoms with Gasteiger partial charge in [-0.05, 0) is 19.1 Å². The minimum Gasteiger partial charge on any atom is -0.486 e. The third-order valence-corrected chi connectivity index (χ3v) is 5.01. The number of hydrogen-bond acceptors (Lipinski definition) is 6. The van der Waals surface area contributed by atoms with Crippen LogP contribution in [0.4, 0.5) is 0 Å². The summed E-state index contributed by atoms with van der Waals surface area (Å²) in [6.45, 7) is 2.99. The first kappa shape index (κ1) is 17.6. The fourth-order valence-electron chi connectivity index (χ4n) is 2.20. The highest BCUT2D eigenvalue weighted by Gasteiger charge is 2.21. The Morgan fingerprint density at radius 2 is 2.00 bits per heavy atom. The monoisotopic (exact) mass is 343 g/mol. The van der Waals surface area contributed by atoms with E-state index in [1.807, 2.05) is 0 Å². The van der Waals surface area contributed by atoms with Crippen LogP contribution in [-0.2, 0) is 19.4 Å². The fraction of sp³-hybridized carbons (Fsp3) is 0.533. The van der Waals surface area contributed by atoms with Crippen LogP contribution in [0.2, 0.25) is 0 Å². The van der Waals surface area contributed by atoms with E-state index in [-0.39, 0.29) is 29.0 Å². The number of hydrogen-bond donors (Lipinski definition) is 1. The van der Waals surface area contributed by atoms with Crippen LogP contribution in [-0.4, -0.2) is 53.1 Å². The maximum Gasteiger partial charge on any atom is 0.221 e. The van der Waals surface area contributed by atoms with Gasteiger partial charge >= 0.3 is 0 Å². The zero-order chi connectivity index (χ0) is 16.9. The van der Waals surface area contributed by atoms with E-state index in [2.05, 4.69) is 5.32 Å². The number of fused-ring (bicyclic) bond motifs is 1. The molecule has 1 amide bonds. The average Bonchev–Trinajstić information content (AvgIpc) is 2.53. The summed E-state index contributed by atoms with van der Waals surface area (Å²) in [7, 11) is -2.03. The Balaban J connectivity index is 1.97. The molecule has 1 atom stereocenters. The first-order chi connectivity index (χ1) is 10.9. The van der Waals surface area contributed by atoms with Crippen LogP contribution in [0.1, 0.15) is 13.3 Å². The van der Waals surface area contributed by atoms with Crippen LogP contribution >= 0.6 is 0 Å². The normalized spacial score (nSPS) is 15.0. The number of methoxy groups -OCH3 is 1. The van der Waals surface area contributed by atoms with Gasteiger partial charge in [-0.15, -0.1) is 0 Å². The van der Waals surface area contributed by atoms with Crippen molar-refractivity contribution in [2.45, 2.75) is 24.3 Å². The lowest BCUT2D eigenvalue weighted by Crippen LogP contribution is -2.36. The molecule has 1 aromatic carbocycles. The summed E-state index contributed by atoms with van der Waals surface area (Å²) >= 11 is 0. The summed E-state index contributed by atoms with van der Waals surface area (Å²) in [6.07, 6.45) is -0.106. The molecule has 0 radical (unpaired) electrons. The van der Waals surface area contributed by atoms with Crippen molar-refractivity contribution in [3.05, 3.63) is 18.2 Å². The van der Waals surface area contributed by atoms with E-state index in [1.165, 1.54) is 19.2 Å². The Morgan fingerprint density at radius 1 is 1.30 bits per heavy atom. The second kappa shape index (κ2) is 7.65. The topological polar surface area (TPSA) is 90.9 Å². The van der Waals surface area contributed by atoms with Gasteiger partial charge in [0.05, 0.1) is 17.3 Å². The van der Waals surface area contributed by atoms with Gasteiger partial charge in [-0.1, -0.05) is 0 Å². The van der Waals surface area contributed by atoms with Crippen molar-refractivity contribution in [2.75, 3.05) is 32.7 Å². The molecular weight excluding hydrogens is 322 g/mol. The Kier molecular flexibility index (Phi) is 5.84. The molecular formula is C15H21NO6S. The van der Waals surface area contributed by atoms with Crippen LogP contribution in [0.15, 0.2) is 23.1 Å². The predicted octanol–water partition coefficient (Wildman–Crippen LogP) is 0.773. The molecule has 0 spiro atoms. The van der Waals surface area contributed by atoms with Gasteiger partial charge in [-0.2, -0.15) is 0 Å². The highest BCUT2D eigenvalue weighted by molar-refractivity contribution is 7.91. The van der Waals surface area contributed by atoms with Crippen LogP contribution < -0.4 is 14.8 Å². The highest BCUT2D eigenvalue weighted by atomic mass is 32.2. The lowest BCUT2D eigenvalue weighted by molar-refractivity contribution is -0.121. The maximum atomic E-state index is 12.3. The van der Waals surface area contributed by atoms with Gasteiger partial charge in [0, 0.05) is 25.6 Å². The van der Waals surface area contributed by atoms with Gasteiger partial charge in [-0.3, -0.25) is 4.79 Å². The van der Waals surface area contributed by atoms with E-state index in [1.54, 1.807) is 13.0 Å². The third kappa shape index (κ3) is 4.84. The lowest BCUT2D eigenvalue weighted by Gasteiger charge is -2.18. The largest absolute Gasteiger partial charge is 0.486 e. The Morgan fingerprint density at radius 3 is 2.70 bits per heavy atom. The number of benzene rings is 1. The quantitative estimate of drug-likeness (QED) is 0.786. The molecule has 0 unspecified atom stereocenters. The number of rotatable bonds is 7. The van der Waals surface area contributed by atoms with Crippen molar-refractivity contribution in [1.29, 1.82) is 0 Å². The maximum absolute atomic E-state index is 12.3. The summed E-state index contributed by atoms with van der Waals surface area (Å²) in [5.74, 6) is 0.352. The molecule has 1 aromatic rings. The number of amides is 1. The second-order valence-corrected chi connectivity index (χ2v) is 7.41. The Hall–Kier alpha value is -1.80. The average molecular weight is 343 g/mol. The van der Waals surface area contributed by atoms with Crippen LogP contribution in [0.5, 0.6) is 11.5 Å². The molecule has 1 N–H and O–H groups in total. The summed E-state index contributed by atoms with van der Waals surface area (Å²) in [5, 5.41) is 2.68. The fourth-order valence-corrected chi connectivity index (χ4v) is 3.45. The van der Waals surface area contributed by atoms with Gasteiger partial charge in [0.1, 0.15) is 13.2 Å². The molecule has 1 heterocycles. The smallest absolute Gasteiger partial charge is 0.221 e. The molecule has 0 saturated heterocycles. The SMILES string of the molecule is COC[C@H](C)NC(=O)CCS(=O)(=O)c1ccc2c(c1)OCCO2. The van der Waals surface area contributed by atoms with Gasteiger partial charge in [0.25, 0.3) is 0 Å². The zero-order valence-corrected chi connectivity index (χ0v) is 14.0. The van der Waals surface area contributed by atoms with E-state index >= 15 is 0 Å². The molecule has 0 aliphatic carbocycles. The van der Waals surface area contributed by atoms with Crippen molar-refractivity contribution >= 4 is 15.7 Å². The van der Waals surface area contributed by atoms with Crippen LogP contribution in [0.3, 0.4) is 0 Å². The van der Waals surface area contributed by atoms with E-state index in [0.717, 1.165) is 0 Å². The number of ether oxygens (including phenoxy) is 3. The molecule has 7 nitrogen and oxygen atoms in total. The van der Waals surface area contributed by atoms with E-state index < -0.39 is 9.84 Å². The summed E-state index contributed by atoms with van der Waals surface area (Å²) in [4.78, 5) is 11.9. The van der Waals surface area contributed by atoms with Crippen molar-refractivity contribution < 1.29 is 27.4 Å². The number of carbonyl (C=O) groups excluding carboxylic acids is 1. The minimum absolute atomic E-state index is 0.106. The van der Waals surface area contributed by atoms with Crippen molar-refractivity contribution in [3.8, 4) is 11.5 Å². The molecule has 0 saturated carbocycles. The minimum atomic E-state index is -3.56. The standard InChI is InChI=1S/C15H21NO6S/c1-11(10-20-2)16-15(17)5-8-23(18,19)12-3-4-13-14(9-12)22-7-6-21-13/h3-4,9,11H,5-8,10H2,1-2H3,(H,16,17)/t11-/m0/s1. The van der Waals surface area contributed by atoms with Gasteiger partial charge in [0.2, 0.25) is 5.91 Å². The Bertz CT molecular complexity index is 658. The van der Waals surface area contributed by atoms with Gasteiger partial charge in [-0.25, -0.2) is 8.42 Å². The Labute approximate surface area is 135 Å². The van der Waals surface area contributed by atoms with E-state index in [9.17, 15) is 13.2 Å². The molecule has 0 fully saturated rings. The first-order valence-corrected chi connectivity index (χ1v) is 8.98. The second-order valence-electron chi connectivity index (χ2n) is 5.30. The third-order valence-electron chi connectivity index (χ3n) is 3.29. The van der Waals surface area contributed by atoms with Crippen molar-refractivity contribution in [2.24, 2.45) is 0 Å². The molecule has 23 heavy (non-hydrogen) atoms. The summed E-state index contributed by atoms with van der Waals surface area (Å²) < 4.78 is 40.3. The molecule has 8 heteroatoms. The van der Waals surface area contributed by atoms with E-state index in [4.69, 9.17) is 14.2 Å². The van der Waals surface area contributed by atoms with E-state index in [0.29, 0.717) is 31.3 Å². The van der Waals surface area contributed by atoms with Crippen molar-refractivity contribution in [3.63, 3.8) is 0 Å². The number of carbonyl (C=O) groups is 1. The van der Waals surface area contributed by atoms with Gasteiger partial charge < -0.3 is 19.5 Å². The summed E-state index contributed by atoms with van der Waals surface area (Å²) in [5.41, 5.74) is 0. The lowest BCUT2D eigenvalue weighted by atomic mass is 10.3. The first-order valence-electron chi connectivity index (χ1n) is 7.33. The number of sulfone groups is 1. The van der Waals surface area contributed by atoms with Crippen LogP contribution in [0, 0.1) is 0 Å². The highest BCUT2D eigenvalue weighted by Crippen LogP contribution is 2.32. The predicted molar refractivity (Wildman–Crippen MR) is 83.6 cm³/mol. The number of nitrogens with one attached hydrogen (secondary N) is 1. The summed E-state index contributed by atoms with van der Waals surface area (Å²) in [6, 6.07) is 4.32. The molecule has 0 bridgehead atoms. The molecule has 1 aliphatic heterocycles. The van der Waals surface area contributed by atoms with Gasteiger partial charge in [0.15, 0.2) is 21.3 Å². The van der Waals surface area contributed by atoms with Crippen molar-refractivity contribution in [1.82, 2.24) is 5.32 Å².